The summed E-state index contributed by atoms with van der Waals surface area (Å²) in [5, 5.41) is 0. The zero-order chi connectivity index (χ0) is 20.4. The number of methoxy groups -OCH3 is 2. The number of rotatable bonds is 4. The smallest absolute Gasteiger partial charge is 0.339 e. The maximum absolute atomic E-state index is 12.8. The van der Waals surface area contributed by atoms with E-state index in [4.69, 9.17) is 14.2 Å². The summed E-state index contributed by atoms with van der Waals surface area (Å²) in [6.45, 7) is 1.00. The number of carbonyl (C=O) groups is 2. The first-order chi connectivity index (χ1) is 14.1. The molecule has 6 heteroatoms. The Kier molecular flexibility index (Phi) is 5.01. The second-order valence-corrected chi connectivity index (χ2v) is 7.24. The number of nitrogens with zero attached hydrogens (tertiary/aromatic N) is 1. The quantitative estimate of drug-likeness (QED) is 0.588. The third-order valence-electron chi connectivity index (χ3n) is 5.52. The molecule has 29 heavy (non-hydrogen) atoms. The SMILES string of the molecule is COc1ccc(/C=C/C(=O)N2CCCC3(C2)OC(=O)c2ccccc23)cc1OC. The van der Waals surface area contributed by atoms with Gasteiger partial charge in [-0.2, -0.15) is 0 Å². The number of benzene rings is 2. The molecule has 6 nitrogen and oxygen atoms in total. The predicted octanol–water partition coefficient (Wildman–Crippen LogP) is 3.41. The molecule has 2 aromatic rings. The molecule has 1 saturated heterocycles. The lowest BCUT2D eigenvalue weighted by Crippen LogP contribution is -2.48. The monoisotopic (exact) mass is 393 g/mol. The van der Waals surface area contributed by atoms with Gasteiger partial charge in [-0.3, -0.25) is 4.79 Å². The van der Waals surface area contributed by atoms with Crippen molar-refractivity contribution in [1.29, 1.82) is 0 Å². The number of amides is 1. The highest BCUT2D eigenvalue weighted by Gasteiger charge is 2.48. The number of esters is 1. The zero-order valence-electron chi connectivity index (χ0n) is 16.5. The number of hydrogen-bond donors (Lipinski definition) is 0. The molecule has 150 valence electrons. The Morgan fingerprint density at radius 2 is 1.93 bits per heavy atom. The average Bonchev–Trinajstić information content (AvgIpc) is 3.03. The number of ether oxygens (including phenoxy) is 3. The van der Waals surface area contributed by atoms with Crippen molar-refractivity contribution in [1.82, 2.24) is 4.90 Å². The van der Waals surface area contributed by atoms with Gasteiger partial charge in [-0.15, -0.1) is 0 Å². The van der Waals surface area contributed by atoms with E-state index < -0.39 is 5.60 Å². The van der Waals surface area contributed by atoms with Gasteiger partial charge in [-0.05, 0) is 42.7 Å². The molecule has 2 aliphatic heterocycles. The van der Waals surface area contributed by atoms with E-state index in [1.54, 1.807) is 43.4 Å². The number of hydrogen-bond acceptors (Lipinski definition) is 5. The van der Waals surface area contributed by atoms with Crippen molar-refractivity contribution < 1.29 is 23.8 Å². The van der Waals surface area contributed by atoms with Crippen LogP contribution in [0.1, 0.15) is 34.3 Å². The first-order valence-corrected chi connectivity index (χ1v) is 9.58. The molecule has 0 bridgehead atoms. The minimum absolute atomic E-state index is 0.112. The van der Waals surface area contributed by atoms with Crippen LogP contribution in [0.4, 0.5) is 0 Å². The molecule has 0 aromatic heterocycles. The Balaban J connectivity index is 1.52. The first-order valence-electron chi connectivity index (χ1n) is 9.58. The molecule has 2 heterocycles. The second-order valence-electron chi connectivity index (χ2n) is 7.24. The zero-order valence-corrected chi connectivity index (χ0v) is 16.5. The van der Waals surface area contributed by atoms with Gasteiger partial charge in [-0.25, -0.2) is 4.79 Å². The molecule has 1 amide bonds. The fourth-order valence-corrected chi connectivity index (χ4v) is 4.09. The highest BCUT2D eigenvalue weighted by Crippen LogP contribution is 2.42. The van der Waals surface area contributed by atoms with Crippen LogP contribution in [0.5, 0.6) is 11.5 Å². The summed E-state index contributed by atoms with van der Waals surface area (Å²) in [7, 11) is 3.15. The number of carbonyl (C=O) groups excluding carboxylic acids is 2. The molecule has 1 fully saturated rings. The van der Waals surface area contributed by atoms with Gasteiger partial charge in [0.25, 0.3) is 0 Å². The molecule has 4 rings (SSSR count). The molecule has 2 aliphatic rings. The number of fused-ring (bicyclic) bond motifs is 2. The van der Waals surface area contributed by atoms with Crippen molar-refractivity contribution in [3.05, 3.63) is 65.2 Å². The molecule has 0 saturated carbocycles. The fourth-order valence-electron chi connectivity index (χ4n) is 4.09. The summed E-state index contributed by atoms with van der Waals surface area (Å²) < 4.78 is 16.3. The Bertz CT molecular complexity index is 983. The summed E-state index contributed by atoms with van der Waals surface area (Å²) in [6.07, 6.45) is 4.79. The van der Waals surface area contributed by atoms with Crippen molar-refractivity contribution in [3.63, 3.8) is 0 Å². The molecule has 0 aliphatic carbocycles. The lowest BCUT2D eigenvalue weighted by atomic mass is 9.85. The van der Waals surface area contributed by atoms with Crippen molar-refractivity contribution in [2.24, 2.45) is 0 Å². The molecule has 0 N–H and O–H groups in total. The van der Waals surface area contributed by atoms with Crippen LogP contribution in [0.15, 0.2) is 48.5 Å². The van der Waals surface area contributed by atoms with Crippen LogP contribution in [-0.2, 0) is 15.1 Å². The highest BCUT2D eigenvalue weighted by atomic mass is 16.6. The predicted molar refractivity (Wildman–Crippen MR) is 108 cm³/mol. The second kappa shape index (κ2) is 7.62. The highest BCUT2D eigenvalue weighted by molar-refractivity contribution is 5.95. The topological polar surface area (TPSA) is 65.1 Å². The lowest BCUT2D eigenvalue weighted by molar-refractivity contribution is -0.133. The van der Waals surface area contributed by atoms with Gasteiger partial charge in [0.1, 0.15) is 0 Å². The largest absolute Gasteiger partial charge is 0.493 e. The van der Waals surface area contributed by atoms with Crippen LogP contribution in [0.3, 0.4) is 0 Å². The summed E-state index contributed by atoms with van der Waals surface area (Å²) in [6, 6.07) is 12.9. The van der Waals surface area contributed by atoms with Gasteiger partial charge in [0.2, 0.25) is 5.91 Å². The van der Waals surface area contributed by atoms with Crippen LogP contribution in [0.25, 0.3) is 6.08 Å². The Morgan fingerprint density at radius 3 is 2.72 bits per heavy atom. The minimum Gasteiger partial charge on any atom is -0.493 e. The van der Waals surface area contributed by atoms with Gasteiger partial charge < -0.3 is 19.1 Å². The number of piperidine rings is 1. The molecule has 1 unspecified atom stereocenters. The van der Waals surface area contributed by atoms with Crippen molar-refractivity contribution in [3.8, 4) is 11.5 Å². The molecule has 1 atom stereocenters. The Hall–Kier alpha value is -3.28. The molecule has 1 spiro atoms. The minimum atomic E-state index is -0.737. The van der Waals surface area contributed by atoms with Crippen LogP contribution < -0.4 is 9.47 Å². The van der Waals surface area contributed by atoms with E-state index in [1.807, 2.05) is 30.3 Å². The lowest BCUT2D eigenvalue weighted by Gasteiger charge is -2.39. The maximum atomic E-state index is 12.8. The number of likely N-dealkylation sites (tertiary alicyclic amines) is 1. The van der Waals surface area contributed by atoms with Gasteiger partial charge in [0.15, 0.2) is 17.1 Å². The van der Waals surface area contributed by atoms with Crippen LogP contribution in [0.2, 0.25) is 0 Å². The van der Waals surface area contributed by atoms with Crippen molar-refractivity contribution >= 4 is 18.0 Å². The van der Waals surface area contributed by atoms with E-state index in [1.165, 1.54) is 0 Å². The summed E-state index contributed by atoms with van der Waals surface area (Å²) in [5.74, 6) is 0.819. The summed E-state index contributed by atoms with van der Waals surface area (Å²) in [4.78, 5) is 26.8. The van der Waals surface area contributed by atoms with E-state index >= 15 is 0 Å². The van der Waals surface area contributed by atoms with E-state index in [0.29, 0.717) is 30.2 Å². The van der Waals surface area contributed by atoms with Gasteiger partial charge in [0, 0.05) is 18.2 Å². The van der Waals surface area contributed by atoms with Gasteiger partial charge >= 0.3 is 5.97 Å². The Labute approximate surface area is 169 Å². The van der Waals surface area contributed by atoms with Crippen LogP contribution >= 0.6 is 0 Å². The van der Waals surface area contributed by atoms with Crippen LogP contribution in [-0.4, -0.2) is 44.1 Å². The summed E-state index contributed by atoms with van der Waals surface area (Å²) >= 11 is 0. The normalized spacial score (nSPS) is 20.6. The molecular formula is C23H23NO5. The van der Waals surface area contributed by atoms with E-state index in [0.717, 1.165) is 24.0 Å². The van der Waals surface area contributed by atoms with E-state index in [-0.39, 0.29) is 11.9 Å². The third-order valence-corrected chi connectivity index (χ3v) is 5.52. The van der Waals surface area contributed by atoms with Crippen LogP contribution in [0, 0.1) is 0 Å². The first kappa shape index (κ1) is 19.1. The Morgan fingerprint density at radius 1 is 1.14 bits per heavy atom. The van der Waals surface area contributed by atoms with Crippen molar-refractivity contribution in [2.45, 2.75) is 18.4 Å². The van der Waals surface area contributed by atoms with Gasteiger partial charge in [-0.1, -0.05) is 24.3 Å². The molecule has 2 aromatic carbocycles. The van der Waals surface area contributed by atoms with E-state index in [9.17, 15) is 9.59 Å². The van der Waals surface area contributed by atoms with Crippen molar-refractivity contribution in [2.75, 3.05) is 27.3 Å². The van der Waals surface area contributed by atoms with E-state index in [2.05, 4.69) is 0 Å². The maximum Gasteiger partial charge on any atom is 0.339 e. The fraction of sp³-hybridized carbons (Fsp3) is 0.304. The third kappa shape index (κ3) is 3.46. The standard InChI is InChI=1S/C23H23NO5/c1-27-19-10-8-16(14-20(19)28-2)9-11-21(25)24-13-5-12-23(15-24)18-7-4-3-6-17(18)22(26)29-23/h3-4,6-11,14H,5,12-13,15H2,1-2H3/b11-9+. The molecule has 0 radical (unpaired) electrons. The molecular weight excluding hydrogens is 370 g/mol. The summed E-state index contributed by atoms with van der Waals surface area (Å²) in [5.41, 5.74) is 1.58. The average molecular weight is 393 g/mol. The van der Waals surface area contributed by atoms with Gasteiger partial charge in [0.05, 0.1) is 26.3 Å².